The van der Waals surface area contributed by atoms with Crippen molar-refractivity contribution in [2.24, 2.45) is 11.8 Å². The molecule has 36 heavy (non-hydrogen) atoms. The molecule has 3 amide bonds. The molecule has 192 valence electrons. The first-order valence-electron chi connectivity index (χ1n) is 12.7. The van der Waals surface area contributed by atoms with Crippen molar-refractivity contribution in [3.63, 3.8) is 0 Å². The van der Waals surface area contributed by atoms with Gasteiger partial charge in [-0.25, -0.2) is 0 Å². The summed E-state index contributed by atoms with van der Waals surface area (Å²) in [5.41, 5.74) is 0.611. The Labute approximate surface area is 221 Å². The minimum absolute atomic E-state index is 0.00131. The number of unbranched alkanes of at least 4 members (excludes halogenated alkanes) is 1. The summed E-state index contributed by atoms with van der Waals surface area (Å²) in [6.45, 7) is 3.96. The average molecular weight is 530 g/mol. The highest BCUT2D eigenvalue weighted by atomic mass is 35.5. The second kappa shape index (κ2) is 10.2. The first-order chi connectivity index (χ1) is 17.4. The van der Waals surface area contributed by atoms with Crippen LogP contribution in [0.1, 0.15) is 26.2 Å². The van der Waals surface area contributed by atoms with Crippen LogP contribution in [0.4, 0.5) is 5.69 Å². The SMILES string of the molecule is CCCN1CC=C[C@H]2S[C@]34C=CCN(c5ccccc5Cl)C(=O)C3N(CCCCO)C(=O)[C@@H]4[C@H]2C1=O. The molecule has 0 saturated carbocycles. The fourth-order valence-electron chi connectivity index (χ4n) is 6.18. The van der Waals surface area contributed by atoms with Gasteiger partial charge in [-0.2, -0.15) is 0 Å². The molecule has 0 radical (unpaired) electrons. The molecule has 7 nitrogen and oxygen atoms in total. The van der Waals surface area contributed by atoms with Gasteiger partial charge < -0.3 is 19.8 Å². The molecule has 4 heterocycles. The van der Waals surface area contributed by atoms with E-state index in [0.717, 1.165) is 6.42 Å². The normalized spacial score (nSPS) is 31.4. The molecule has 4 aliphatic rings. The zero-order valence-electron chi connectivity index (χ0n) is 20.4. The molecule has 0 aromatic heterocycles. The number of amides is 3. The number of aliphatic hydroxyl groups excluding tert-OH is 1. The maximum atomic E-state index is 14.3. The number of fused-ring (bicyclic) bond motifs is 2. The summed E-state index contributed by atoms with van der Waals surface area (Å²) in [5, 5.41) is 9.66. The van der Waals surface area contributed by atoms with Gasteiger partial charge in [0.05, 0.1) is 27.3 Å². The molecule has 1 unspecified atom stereocenters. The van der Waals surface area contributed by atoms with Crippen LogP contribution >= 0.6 is 23.4 Å². The summed E-state index contributed by atoms with van der Waals surface area (Å²) in [6, 6.07) is 6.49. The highest BCUT2D eigenvalue weighted by Gasteiger charge is 2.70. The minimum Gasteiger partial charge on any atom is -0.396 e. The standard InChI is InChI=1S/C27H32ClN3O4S/c1-2-13-29-14-7-11-20-21(24(29)33)22-25(34)31(15-5-6-17-32)23-26(35)30(16-8-12-27(22,23)36-20)19-10-4-3-9-18(19)28/h3-4,7-12,20-23,32H,2,5-6,13-17H2,1H3/t20-,21+,22+,23?,27+/m1/s1. The van der Waals surface area contributed by atoms with E-state index in [1.165, 1.54) is 0 Å². The molecule has 2 saturated heterocycles. The number of thioether (sulfide) groups is 1. The molecule has 0 bridgehead atoms. The Morgan fingerprint density at radius 3 is 2.61 bits per heavy atom. The number of aliphatic hydroxyl groups is 1. The summed E-state index contributed by atoms with van der Waals surface area (Å²) in [7, 11) is 0. The van der Waals surface area contributed by atoms with E-state index < -0.39 is 22.6 Å². The summed E-state index contributed by atoms with van der Waals surface area (Å²) in [6.07, 6.45) is 10.0. The van der Waals surface area contributed by atoms with Crippen LogP contribution < -0.4 is 4.90 Å². The first kappa shape index (κ1) is 25.4. The van der Waals surface area contributed by atoms with Gasteiger partial charge in [0.2, 0.25) is 11.8 Å². The fourth-order valence-corrected chi connectivity index (χ4v) is 8.43. The molecule has 1 aromatic rings. The summed E-state index contributed by atoms with van der Waals surface area (Å²) >= 11 is 8.07. The quantitative estimate of drug-likeness (QED) is 0.433. The first-order valence-corrected chi connectivity index (χ1v) is 14.0. The zero-order valence-corrected chi connectivity index (χ0v) is 22.0. The van der Waals surface area contributed by atoms with Gasteiger partial charge in [0.15, 0.2) is 0 Å². The molecule has 5 rings (SSSR count). The van der Waals surface area contributed by atoms with Crippen LogP contribution in [0.3, 0.4) is 0 Å². The molecule has 1 N–H and O–H groups in total. The van der Waals surface area contributed by atoms with Crippen LogP contribution in [-0.4, -0.2) is 81.5 Å². The maximum Gasteiger partial charge on any atom is 0.251 e. The monoisotopic (exact) mass is 529 g/mol. The largest absolute Gasteiger partial charge is 0.396 e. The summed E-state index contributed by atoms with van der Waals surface area (Å²) in [4.78, 5) is 47.3. The molecular weight excluding hydrogens is 498 g/mol. The van der Waals surface area contributed by atoms with E-state index in [4.69, 9.17) is 11.6 Å². The Bertz CT molecular complexity index is 1110. The van der Waals surface area contributed by atoms with Crippen LogP contribution in [0.5, 0.6) is 0 Å². The molecule has 0 aliphatic carbocycles. The van der Waals surface area contributed by atoms with E-state index >= 15 is 0 Å². The number of carbonyl (C=O) groups excluding carboxylic acids is 3. The molecule has 5 atom stereocenters. The molecule has 4 aliphatic heterocycles. The number of hydrogen-bond donors (Lipinski definition) is 1. The van der Waals surface area contributed by atoms with Gasteiger partial charge >= 0.3 is 0 Å². The second-order valence-electron chi connectivity index (χ2n) is 9.82. The number of nitrogens with zero attached hydrogens (tertiary/aromatic N) is 3. The number of para-hydroxylation sites is 1. The number of anilines is 1. The third-order valence-electron chi connectivity index (χ3n) is 7.69. The number of hydrogen-bond acceptors (Lipinski definition) is 5. The average Bonchev–Trinajstić information content (AvgIpc) is 3.18. The number of likely N-dealkylation sites (tertiary alicyclic amines) is 1. The predicted octanol–water partition coefficient (Wildman–Crippen LogP) is 3.12. The van der Waals surface area contributed by atoms with Gasteiger partial charge in [-0.3, -0.25) is 14.4 Å². The molecule has 1 spiro atoms. The van der Waals surface area contributed by atoms with Crippen LogP contribution in [0, 0.1) is 11.8 Å². The third-order valence-corrected chi connectivity index (χ3v) is 9.75. The zero-order chi connectivity index (χ0) is 25.4. The smallest absolute Gasteiger partial charge is 0.251 e. The Morgan fingerprint density at radius 2 is 1.86 bits per heavy atom. The topological polar surface area (TPSA) is 81.2 Å². The van der Waals surface area contributed by atoms with Crippen molar-refractivity contribution in [2.45, 2.75) is 42.2 Å². The van der Waals surface area contributed by atoms with Crippen molar-refractivity contribution in [3.05, 3.63) is 53.6 Å². The molecular formula is C27H32ClN3O4S. The maximum absolute atomic E-state index is 14.3. The third kappa shape index (κ3) is 3.98. The number of halogens is 1. The van der Waals surface area contributed by atoms with Crippen LogP contribution in [0.2, 0.25) is 5.02 Å². The molecule has 2 fully saturated rings. The number of carbonyl (C=O) groups is 3. The van der Waals surface area contributed by atoms with Crippen molar-refractivity contribution in [1.29, 1.82) is 0 Å². The van der Waals surface area contributed by atoms with Gasteiger partial charge in [-0.15, -0.1) is 11.8 Å². The predicted molar refractivity (Wildman–Crippen MR) is 142 cm³/mol. The Morgan fingerprint density at radius 1 is 1.06 bits per heavy atom. The molecule has 1 aromatic carbocycles. The number of benzene rings is 1. The van der Waals surface area contributed by atoms with Crippen LogP contribution in [-0.2, 0) is 14.4 Å². The van der Waals surface area contributed by atoms with Gasteiger partial charge in [0, 0.05) is 38.0 Å². The van der Waals surface area contributed by atoms with Crippen molar-refractivity contribution < 1.29 is 19.5 Å². The van der Waals surface area contributed by atoms with Gasteiger partial charge in [0.25, 0.3) is 5.91 Å². The lowest BCUT2D eigenvalue weighted by molar-refractivity contribution is -0.142. The number of rotatable bonds is 7. The summed E-state index contributed by atoms with van der Waals surface area (Å²) < 4.78 is -0.839. The Kier molecular flexibility index (Phi) is 7.21. The van der Waals surface area contributed by atoms with Crippen LogP contribution in [0.25, 0.3) is 0 Å². The van der Waals surface area contributed by atoms with E-state index in [-0.39, 0.29) is 29.6 Å². The Hall–Kier alpha value is -2.29. The van der Waals surface area contributed by atoms with Crippen molar-refractivity contribution in [3.8, 4) is 0 Å². The van der Waals surface area contributed by atoms with E-state index in [1.807, 2.05) is 48.3 Å². The van der Waals surface area contributed by atoms with Gasteiger partial charge in [0.1, 0.15) is 6.04 Å². The lowest BCUT2D eigenvalue weighted by Gasteiger charge is -2.35. The Balaban J connectivity index is 1.59. The highest BCUT2D eigenvalue weighted by Crippen LogP contribution is 2.61. The van der Waals surface area contributed by atoms with E-state index in [2.05, 4.69) is 6.08 Å². The van der Waals surface area contributed by atoms with Crippen molar-refractivity contribution >= 4 is 46.8 Å². The van der Waals surface area contributed by atoms with Crippen LogP contribution in [0.15, 0.2) is 48.6 Å². The van der Waals surface area contributed by atoms with Gasteiger partial charge in [-0.1, -0.05) is 55.0 Å². The van der Waals surface area contributed by atoms with Gasteiger partial charge in [-0.05, 0) is 31.4 Å². The second-order valence-corrected chi connectivity index (χ2v) is 11.7. The highest BCUT2D eigenvalue weighted by molar-refractivity contribution is 8.02. The van der Waals surface area contributed by atoms with E-state index in [0.29, 0.717) is 49.7 Å². The molecule has 9 heteroatoms. The van der Waals surface area contributed by atoms with E-state index in [9.17, 15) is 19.5 Å². The van der Waals surface area contributed by atoms with Crippen molar-refractivity contribution in [1.82, 2.24) is 9.80 Å². The van der Waals surface area contributed by atoms with E-state index in [1.54, 1.807) is 27.6 Å². The summed E-state index contributed by atoms with van der Waals surface area (Å²) in [5.74, 6) is -1.45. The minimum atomic E-state index is -0.839. The lowest BCUT2D eigenvalue weighted by Crippen LogP contribution is -2.53. The van der Waals surface area contributed by atoms with Crippen molar-refractivity contribution in [2.75, 3.05) is 37.7 Å². The fraction of sp³-hybridized carbons (Fsp3) is 0.519. The lowest BCUT2D eigenvalue weighted by atomic mass is 9.78.